The summed E-state index contributed by atoms with van der Waals surface area (Å²) in [4.78, 5) is 26.8. The smallest absolute Gasteiger partial charge is 0.267 e. The first-order valence-corrected chi connectivity index (χ1v) is 9.69. The number of anilines is 2. The standard InChI is InChI=1S/C19H14Cl2N2O2S/c20-11-6-7-14-15(9-11)26-18(17(14)21)19(25)22-12-3-1-4-13(10-12)23-8-2-5-16(23)24/h1,3-4,6-7,9-10H,2,5,8H2,(H,22,25). The first-order valence-electron chi connectivity index (χ1n) is 8.12. The second kappa shape index (κ2) is 6.91. The van der Waals surface area contributed by atoms with Crippen LogP contribution in [0.25, 0.3) is 10.1 Å². The van der Waals surface area contributed by atoms with Crippen molar-refractivity contribution in [1.29, 1.82) is 0 Å². The molecule has 1 saturated heterocycles. The molecule has 1 fully saturated rings. The molecule has 2 heterocycles. The number of nitrogens with one attached hydrogen (secondary N) is 1. The van der Waals surface area contributed by atoms with E-state index in [-0.39, 0.29) is 11.8 Å². The maximum absolute atomic E-state index is 12.7. The fourth-order valence-corrected chi connectivity index (χ4v) is 4.73. The van der Waals surface area contributed by atoms with Gasteiger partial charge in [0.05, 0.1) is 5.02 Å². The third kappa shape index (κ3) is 3.18. The molecular formula is C19H14Cl2N2O2S. The topological polar surface area (TPSA) is 49.4 Å². The molecule has 7 heteroatoms. The van der Waals surface area contributed by atoms with Crippen molar-refractivity contribution < 1.29 is 9.59 Å². The summed E-state index contributed by atoms with van der Waals surface area (Å²) in [5.41, 5.74) is 1.42. The summed E-state index contributed by atoms with van der Waals surface area (Å²) in [5, 5.41) is 4.70. The van der Waals surface area contributed by atoms with E-state index in [0.717, 1.165) is 22.2 Å². The lowest BCUT2D eigenvalue weighted by atomic mass is 10.2. The van der Waals surface area contributed by atoms with Gasteiger partial charge in [-0.25, -0.2) is 0 Å². The molecule has 3 aromatic rings. The van der Waals surface area contributed by atoms with Crippen molar-refractivity contribution in [3.63, 3.8) is 0 Å². The lowest BCUT2D eigenvalue weighted by Crippen LogP contribution is -2.23. The molecule has 1 aliphatic rings. The van der Waals surface area contributed by atoms with Crippen LogP contribution in [0.1, 0.15) is 22.5 Å². The summed E-state index contributed by atoms with van der Waals surface area (Å²) >= 11 is 13.7. The molecule has 2 aromatic carbocycles. The Morgan fingerprint density at radius 1 is 1.15 bits per heavy atom. The minimum atomic E-state index is -0.280. The molecule has 1 N–H and O–H groups in total. The van der Waals surface area contributed by atoms with Crippen molar-refractivity contribution in [2.45, 2.75) is 12.8 Å². The molecule has 0 saturated carbocycles. The number of thiophene rings is 1. The van der Waals surface area contributed by atoms with Crippen LogP contribution >= 0.6 is 34.5 Å². The van der Waals surface area contributed by atoms with Crippen LogP contribution in [0.2, 0.25) is 10.0 Å². The van der Waals surface area contributed by atoms with Crippen LogP contribution in [0.4, 0.5) is 11.4 Å². The van der Waals surface area contributed by atoms with Gasteiger partial charge in [-0.3, -0.25) is 9.59 Å². The van der Waals surface area contributed by atoms with Crippen molar-refractivity contribution >= 4 is 67.8 Å². The Kier molecular flexibility index (Phi) is 4.61. The van der Waals surface area contributed by atoms with Gasteiger partial charge in [-0.15, -0.1) is 11.3 Å². The van der Waals surface area contributed by atoms with Gasteiger partial charge in [0.25, 0.3) is 5.91 Å². The largest absolute Gasteiger partial charge is 0.321 e. The summed E-state index contributed by atoms with van der Waals surface area (Å²) in [6.45, 7) is 0.707. The number of carbonyl (C=O) groups excluding carboxylic acids is 2. The molecule has 1 aliphatic heterocycles. The Bertz CT molecular complexity index is 1030. The fourth-order valence-electron chi connectivity index (χ4n) is 3.05. The van der Waals surface area contributed by atoms with Crippen molar-refractivity contribution in [2.24, 2.45) is 0 Å². The molecule has 0 atom stereocenters. The van der Waals surface area contributed by atoms with Crippen LogP contribution in [0, 0.1) is 0 Å². The highest BCUT2D eigenvalue weighted by atomic mass is 35.5. The lowest BCUT2D eigenvalue weighted by Gasteiger charge is -2.16. The Morgan fingerprint density at radius 2 is 2.00 bits per heavy atom. The van der Waals surface area contributed by atoms with Crippen LogP contribution in [0.3, 0.4) is 0 Å². The molecule has 2 amide bonds. The number of hydrogen-bond acceptors (Lipinski definition) is 3. The quantitative estimate of drug-likeness (QED) is 0.618. The van der Waals surface area contributed by atoms with E-state index in [1.54, 1.807) is 29.2 Å². The summed E-state index contributed by atoms with van der Waals surface area (Å²) in [5.74, 6) is -0.171. The fraction of sp³-hybridized carbons (Fsp3) is 0.158. The van der Waals surface area contributed by atoms with E-state index in [1.165, 1.54) is 11.3 Å². The van der Waals surface area contributed by atoms with E-state index >= 15 is 0 Å². The summed E-state index contributed by atoms with van der Waals surface area (Å²) in [6, 6.07) is 12.6. The maximum Gasteiger partial charge on any atom is 0.267 e. The number of halogens is 2. The molecule has 132 valence electrons. The van der Waals surface area contributed by atoms with E-state index in [0.29, 0.717) is 33.6 Å². The van der Waals surface area contributed by atoms with E-state index in [4.69, 9.17) is 23.2 Å². The zero-order valence-corrected chi connectivity index (χ0v) is 15.9. The van der Waals surface area contributed by atoms with E-state index in [2.05, 4.69) is 5.32 Å². The minimum absolute atomic E-state index is 0.109. The van der Waals surface area contributed by atoms with Gasteiger partial charge >= 0.3 is 0 Å². The highest BCUT2D eigenvalue weighted by Crippen LogP contribution is 2.37. The van der Waals surface area contributed by atoms with Crippen molar-refractivity contribution in [3.8, 4) is 0 Å². The van der Waals surface area contributed by atoms with Crippen molar-refractivity contribution in [1.82, 2.24) is 0 Å². The molecule has 4 nitrogen and oxygen atoms in total. The molecule has 0 aliphatic carbocycles. The predicted octanol–water partition coefficient (Wildman–Crippen LogP) is 5.59. The number of carbonyl (C=O) groups is 2. The molecule has 0 unspecified atom stereocenters. The normalized spacial score (nSPS) is 14.2. The monoisotopic (exact) mass is 404 g/mol. The molecule has 26 heavy (non-hydrogen) atoms. The highest BCUT2D eigenvalue weighted by molar-refractivity contribution is 7.21. The van der Waals surface area contributed by atoms with Gasteiger partial charge in [-0.1, -0.05) is 35.3 Å². The second-order valence-electron chi connectivity index (χ2n) is 6.04. The Labute approximate surface area is 164 Å². The number of hydrogen-bond donors (Lipinski definition) is 1. The third-order valence-corrected chi connectivity index (χ3v) is 6.18. The van der Waals surface area contributed by atoms with Gasteiger partial charge in [-0.2, -0.15) is 0 Å². The average Bonchev–Trinajstić information content (AvgIpc) is 3.18. The van der Waals surface area contributed by atoms with E-state index in [1.807, 2.05) is 18.2 Å². The van der Waals surface area contributed by atoms with Crippen LogP contribution in [-0.4, -0.2) is 18.4 Å². The third-order valence-electron chi connectivity index (χ3n) is 4.29. The lowest BCUT2D eigenvalue weighted by molar-refractivity contribution is -0.117. The summed E-state index contributed by atoms with van der Waals surface area (Å²) < 4.78 is 0.865. The number of amides is 2. The summed E-state index contributed by atoms with van der Waals surface area (Å²) in [6.07, 6.45) is 1.42. The summed E-state index contributed by atoms with van der Waals surface area (Å²) in [7, 11) is 0. The predicted molar refractivity (Wildman–Crippen MR) is 108 cm³/mol. The number of fused-ring (bicyclic) bond motifs is 1. The average molecular weight is 405 g/mol. The first-order chi connectivity index (χ1) is 12.5. The Morgan fingerprint density at radius 3 is 2.77 bits per heavy atom. The first kappa shape index (κ1) is 17.3. The van der Waals surface area contributed by atoms with E-state index < -0.39 is 0 Å². The molecule has 0 spiro atoms. The van der Waals surface area contributed by atoms with Crippen LogP contribution < -0.4 is 10.2 Å². The zero-order chi connectivity index (χ0) is 18.3. The number of benzene rings is 2. The molecule has 0 radical (unpaired) electrons. The van der Waals surface area contributed by atoms with Crippen LogP contribution in [0.5, 0.6) is 0 Å². The zero-order valence-electron chi connectivity index (χ0n) is 13.6. The van der Waals surface area contributed by atoms with Gasteiger partial charge in [0.15, 0.2) is 0 Å². The van der Waals surface area contributed by atoms with Gasteiger partial charge < -0.3 is 10.2 Å². The highest BCUT2D eigenvalue weighted by Gasteiger charge is 2.22. The van der Waals surface area contributed by atoms with Crippen molar-refractivity contribution in [2.75, 3.05) is 16.8 Å². The van der Waals surface area contributed by atoms with Crippen LogP contribution in [-0.2, 0) is 4.79 Å². The van der Waals surface area contributed by atoms with E-state index in [9.17, 15) is 9.59 Å². The SMILES string of the molecule is O=C(Nc1cccc(N2CCCC2=O)c1)c1sc2cc(Cl)ccc2c1Cl. The molecule has 0 bridgehead atoms. The second-order valence-corrected chi connectivity index (χ2v) is 7.91. The van der Waals surface area contributed by atoms with Gasteiger partial charge in [0.1, 0.15) is 4.88 Å². The maximum atomic E-state index is 12.7. The van der Waals surface area contributed by atoms with Gasteiger partial charge in [-0.05, 0) is 36.8 Å². The van der Waals surface area contributed by atoms with Crippen LogP contribution in [0.15, 0.2) is 42.5 Å². The number of nitrogens with zero attached hydrogens (tertiary/aromatic N) is 1. The van der Waals surface area contributed by atoms with Gasteiger partial charge in [0.2, 0.25) is 5.91 Å². The minimum Gasteiger partial charge on any atom is -0.321 e. The van der Waals surface area contributed by atoms with Gasteiger partial charge in [0, 0.05) is 39.4 Å². The Hall–Kier alpha value is -2.08. The van der Waals surface area contributed by atoms with Crippen molar-refractivity contribution in [3.05, 3.63) is 57.4 Å². The molecule has 1 aromatic heterocycles. The number of rotatable bonds is 3. The molecule has 4 rings (SSSR count). The Balaban J connectivity index is 1.61. The molecular weight excluding hydrogens is 391 g/mol.